The maximum atomic E-state index is 11.1. The van der Waals surface area contributed by atoms with Crippen LogP contribution in [0.1, 0.15) is 12.8 Å². The average Bonchev–Trinajstić information content (AvgIpc) is 2.83. The van der Waals surface area contributed by atoms with Crippen molar-refractivity contribution in [1.82, 2.24) is 15.5 Å². The van der Waals surface area contributed by atoms with E-state index < -0.39 is 0 Å². The van der Waals surface area contributed by atoms with Crippen LogP contribution in [0.5, 0.6) is 0 Å². The Balaban J connectivity index is 1.90. The number of rotatable bonds is 5. The first kappa shape index (κ1) is 10.3. The molecule has 0 saturated heterocycles. The Morgan fingerprint density at radius 2 is 2.08 bits per heavy atom. The summed E-state index contributed by atoms with van der Waals surface area (Å²) in [4.78, 5) is 13.2. The second kappa shape index (κ2) is 5.07. The fraction of sp³-hybridized carbons (Fsp3) is 0.889. The highest BCUT2D eigenvalue weighted by atomic mass is 16.2. The largest absolute Gasteiger partial charge is 0.338 e. The normalized spacial score (nSPS) is 15.9. The Morgan fingerprint density at radius 3 is 2.62 bits per heavy atom. The summed E-state index contributed by atoms with van der Waals surface area (Å²) in [7, 11) is 3.98. The molecule has 1 aliphatic rings. The predicted octanol–water partition coefficient (Wildman–Crippen LogP) is 0.257. The lowest BCUT2D eigenvalue weighted by molar-refractivity contribution is 0.239. The maximum absolute atomic E-state index is 11.1. The van der Waals surface area contributed by atoms with E-state index in [0.29, 0.717) is 6.54 Å². The van der Waals surface area contributed by atoms with Crippen molar-refractivity contribution in [2.75, 3.05) is 33.7 Å². The van der Waals surface area contributed by atoms with Gasteiger partial charge in [0.15, 0.2) is 0 Å². The van der Waals surface area contributed by atoms with E-state index in [4.69, 9.17) is 0 Å². The molecule has 2 N–H and O–H groups in total. The van der Waals surface area contributed by atoms with Gasteiger partial charge in [-0.2, -0.15) is 0 Å². The molecule has 0 aromatic heterocycles. The van der Waals surface area contributed by atoms with E-state index >= 15 is 0 Å². The average molecular weight is 185 g/mol. The first-order valence-electron chi connectivity index (χ1n) is 4.85. The van der Waals surface area contributed by atoms with Crippen LogP contribution in [-0.2, 0) is 0 Å². The molecule has 0 unspecified atom stereocenters. The van der Waals surface area contributed by atoms with E-state index in [0.717, 1.165) is 19.0 Å². The third kappa shape index (κ3) is 5.47. The van der Waals surface area contributed by atoms with Gasteiger partial charge in [-0.15, -0.1) is 0 Å². The Morgan fingerprint density at radius 1 is 1.38 bits per heavy atom. The highest BCUT2D eigenvalue weighted by Gasteiger charge is 2.21. The fourth-order valence-corrected chi connectivity index (χ4v) is 1.01. The van der Waals surface area contributed by atoms with Crippen molar-refractivity contribution in [3.8, 4) is 0 Å². The van der Waals surface area contributed by atoms with Gasteiger partial charge in [-0.25, -0.2) is 4.79 Å². The quantitative estimate of drug-likeness (QED) is 0.645. The van der Waals surface area contributed by atoms with Gasteiger partial charge < -0.3 is 15.5 Å². The summed E-state index contributed by atoms with van der Waals surface area (Å²) in [6, 6.07) is -0.0336. The lowest BCUT2D eigenvalue weighted by Crippen LogP contribution is -2.39. The third-order valence-corrected chi connectivity index (χ3v) is 2.09. The van der Waals surface area contributed by atoms with E-state index in [2.05, 4.69) is 10.6 Å². The molecule has 1 rings (SSSR count). The van der Waals surface area contributed by atoms with E-state index in [9.17, 15) is 4.79 Å². The van der Waals surface area contributed by atoms with Gasteiger partial charge in [0.1, 0.15) is 0 Å². The van der Waals surface area contributed by atoms with Crippen LogP contribution in [0.3, 0.4) is 0 Å². The van der Waals surface area contributed by atoms with E-state index in [-0.39, 0.29) is 6.03 Å². The lowest BCUT2D eigenvalue weighted by Gasteiger charge is -2.10. The molecule has 1 aliphatic carbocycles. The summed E-state index contributed by atoms with van der Waals surface area (Å²) >= 11 is 0. The zero-order chi connectivity index (χ0) is 9.68. The predicted molar refractivity (Wildman–Crippen MR) is 52.7 cm³/mol. The molecule has 0 aromatic carbocycles. The van der Waals surface area contributed by atoms with Crippen LogP contribution in [-0.4, -0.2) is 44.7 Å². The second-order valence-electron chi connectivity index (χ2n) is 3.88. The molecule has 0 bridgehead atoms. The fourth-order valence-electron chi connectivity index (χ4n) is 1.01. The number of carbonyl (C=O) groups is 1. The molecule has 0 aliphatic heterocycles. The van der Waals surface area contributed by atoms with Crippen LogP contribution < -0.4 is 10.6 Å². The van der Waals surface area contributed by atoms with Gasteiger partial charge in [0.05, 0.1) is 0 Å². The van der Waals surface area contributed by atoms with Crippen LogP contribution in [0, 0.1) is 5.92 Å². The number of amides is 2. The molecule has 0 heterocycles. The standard InChI is InChI=1S/C9H19N3O/c1-12(2)6-5-10-9(13)11-7-8-3-4-8/h8H,3-7H2,1-2H3,(H2,10,11,13). The second-order valence-corrected chi connectivity index (χ2v) is 3.88. The molecule has 1 saturated carbocycles. The summed E-state index contributed by atoms with van der Waals surface area (Å²) in [6.07, 6.45) is 2.55. The summed E-state index contributed by atoms with van der Waals surface area (Å²) in [5.74, 6) is 0.750. The highest BCUT2D eigenvalue weighted by Crippen LogP contribution is 2.27. The Labute approximate surface area is 79.7 Å². The number of nitrogens with zero attached hydrogens (tertiary/aromatic N) is 1. The summed E-state index contributed by atoms with van der Waals surface area (Å²) in [5, 5.41) is 5.66. The highest BCUT2D eigenvalue weighted by molar-refractivity contribution is 5.73. The minimum Gasteiger partial charge on any atom is -0.338 e. The lowest BCUT2D eigenvalue weighted by atomic mass is 10.4. The van der Waals surface area contributed by atoms with Crippen molar-refractivity contribution < 1.29 is 4.79 Å². The van der Waals surface area contributed by atoms with Crippen molar-refractivity contribution in [3.63, 3.8) is 0 Å². The first-order valence-corrected chi connectivity index (χ1v) is 4.85. The van der Waals surface area contributed by atoms with E-state index in [1.54, 1.807) is 0 Å². The van der Waals surface area contributed by atoms with E-state index in [1.165, 1.54) is 12.8 Å². The molecule has 0 atom stereocenters. The third-order valence-electron chi connectivity index (χ3n) is 2.09. The van der Waals surface area contributed by atoms with Crippen LogP contribution in [0.2, 0.25) is 0 Å². The molecule has 76 valence electrons. The molecule has 4 nitrogen and oxygen atoms in total. The first-order chi connectivity index (χ1) is 6.18. The van der Waals surface area contributed by atoms with Gasteiger partial charge in [0, 0.05) is 19.6 Å². The molecule has 1 fully saturated rings. The van der Waals surface area contributed by atoms with Crippen LogP contribution in [0.4, 0.5) is 4.79 Å². The topological polar surface area (TPSA) is 44.4 Å². The number of nitrogens with one attached hydrogen (secondary N) is 2. The Bertz CT molecular complexity index is 166. The Kier molecular flexibility index (Phi) is 4.02. The molecular weight excluding hydrogens is 166 g/mol. The smallest absolute Gasteiger partial charge is 0.314 e. The van der Waals surface area contributed by atoms with Crippen LogP contribution >= 0.6 is 0 Å². The van der Waals surface area contributed by atoms with Crippen molar-refractivity contribution in [3.05, 3.63) is 0 Å². The number of urea groups is 1. The van der Waals surface area contributed by atoms with E-state index in [1.807, 2.05) is 19.0 Å². The molecule has 2 amide bonds. The molecule has 4 heteroatoms. The summed E-state index contributed by atoms with van der Waals surface area (Å²) in [6.45, 7) is 2.44. The minimum atomic E-state index is -0.0336. The van der Waals surface area contributed by atoms with Gasteiger partial charge in [-0.1, -0.05) is 0 Å². The number of likely N-dealkylation sites (N-methyl/N-ethyl adjacent to an activating group) is 1. The van der Waals surface area contributed by atoms with Gasteiger partial charge in [-0.05, 0) is 32.9 Å². The summed E-state index contributed by atoms with van der Waals surface area (Å²) in [5.41, 5.74) is 0. The monoisotopic (exact) mass is 185 g/mol. The zero-order valence-corrected chi connectivity index (χ0v) is 8.47. The molecule has 0 spiro atoms. The number of carbonyl (C=O) groups excluding carboxylic acids is 1. The summed E-state index contributed by atoms with van der Waals surface area (Å²) < 4.78 is 0. The van der Waals surface area contributed by atoms with Gasteiger partial charge in [0.25, 0.3) is 0 Å². The van der Waals surface area contributed by atoms with Crippen LogP contribution in [0.25, 0.3) is 0 Å². The van der Waals surface area contributed by atoms with Crippen LogP contribution in [0.15, 0.2) is 0 Å². The molecule has 13 heavy (non-hydrogen) atoms. The van der Waals surface area contributed by atoms with Gasteiger partial charge >= 0.3 is 6.03 Å². The SMILES string of the molecule is CN(C)CCNC(=O)NCC1CC1. The Hall–Kier alpha value is -0.770. The molecular formula is C9H19N3O. The maximum Gasteiger partial charge on any atom is 0.314 e. The molecule has 0 radical (unpaired) electrons. The van der Waals surface area contributed by atoms with Gasteiger partial charge in [-0.3, -0.25) is 0 Å². The van der Waals surface area contributed by atoms with Crippen molar-refractivity contribution in [2.45, 2.75) is 12.8 Å². The van der Waals surface area contributed by atoms with Crippen molar-refractivity contribution in [1.29, 1.82) is 0 Å². The van der Waals surface area contributed by atoms with Crippen molar-refractivity contribution in [2.24, 2.45) is 5.92 Å². The van der Waals surface area contributed by atoms with Gasteiger partial charge in [0.2, 0.25) is 0 Å². The minimum absolute atomic E-state index is 0.0336. The zero-order valence-electron chi connectivity index (χ0n) is 8.47. The van der Waals surface area contributed by atoms with Crippen molar-refractivity contribution >= 4 is 6.03 Å². The molecule has 0 aromatic rings. The number of hydrogen-bond donors (Lipinski definition) is 2. The number of hydrogen-bond acceptors (Lipinski definition) is 2.